The Morgan fingerprint density at radius 3 is 1.76 bits per heavy atom. The number of aliphatic carboxylic acids is 1. The van der Waals surface area contributed by atoms with E-state index in [-0.39, 0.29) is 5.57 Å². The average molecular weight is 511 g/mol. The molecule has 0 radical (unpaired) electrons. The molecule has 2 aromatic carbocycles. The first-order valence-electron chi connectivity index (χ1n) is 12.8. The molecular formula is C32H34N2O2S. The van der Waals surface area contributed by atoms with Gasteiger partial charge in [0.2, 0.25) is 0 Å². The molecule has 0 aliphatic heterocycles. The summed E-state index contributed by atoms with van der Waals surface area (Å²) in [5.41, 5.74) is 3.90. The van der Waals surface area contributed by atoms with Gasteiger partial charge in [0.25, 0.3) is 0 Å². The highest BCUT2D eigenvalue weighted by atomic mass is 32.1. The third-order valence-corrected chi connectivity index (χ3v) is 6.96. The van der Waals surface area contributed by atoms with E-state index < -0.39 is 5.97 Å². The van der Waals surface area contributed by atoms with E-state index in [1.54, 1.807) is 29.5 Å². The van der Waals surface area contributed by atoms with Crippen molar-refractivity contribution in [2.75, 3.05) is 18.0 Å². The van der Waals surface area contributed by atoms with Gasteiger partial charge in [0.1, 0.15) is 11.6 Å². The molecule has 1 aromatic heterocycles. The molecule has 0 aliphatic rings. The van der Waals surface area contributed by atoms with E-state index in [4.69, 9.17) is 10.4 Å². The topological polar surface area (TPSA) is 64.3 Å². The summed E-state index contributed by atoms with van der Waals surface area (Å²) in [6, 6.07) is 22.2. The number of rotatable bonds is 13. The minimum Gasteiger partial charge on any atom is -0.477 e. The number of nitrogens with zero attached hydrogens (tertiary/aromatic N) is 2. The number of carboxylic acid groups (broad SMARTS) is 1. The molecule has 0 spiro atoms. The average Bonchev–Trinajstić information content (AvgIpc) is 3.38. The zero-order valence-electron chi connectivity index (χ0n) is 21.6. The largest absolute Gasteiger partial charge is 0.477 e. The van der Waals surface area contributed by atoms with Gasteiger partial charge in [0.15, 0.2) is 0 Å². The predicted molar refractivity (Wildman–Crippen MR) is 158 cm³/mol. The number of thiophene rings is 1. The Morgan fingerprint density at radius 1 is 0.811 bits per heavy atom. The first-order valence-corrected chi connectivity index (χ1v) is 13.6. The second-order valence-corrected chi connectivity index (χ2v) is 9.98. The van der Waals surface area contributed by atoms with Gasteiger partial charge in [-0.15, -0.1) is 11.3 Å². The zero-order valence-corrected chi connectivity index (χ0v) is 22.4. The van der Waals surface area contributed by atoms with Crippen LogP contribution in [0.15, 0.2) is 66.2 Å². The van der Waals surface area contributed by atoms with Gasteiger partial charge >= 0.3 is 5.97 Å². The Labute approximate surface area is 224 Å². The molecule has 0 saturated heterocycles. The fraction of sp³-hybridized carbons (Fsp3) is 0.250. The van der Waals surface area contributed by atoms with Crippen LogP contribution in [-0.4, -0.2) is 24.2 Å². The molecule has 190 valence electrons. The molecule has 0 atom stereocenters. The van der Waals surface area contributed by atoms with Crippen molar-refractivity contribution in [3.05, 3.63) is 92.7 Å². The molecule has 0 saturated carbocycles. The van der Waals surface area contributed by atoms with Crippen molar-refractivity contribution in [3.8, 4) is 6.07 Å². The number of anilines is 1. The number of carbonyl (C=O) groups is 1. The van der Waals surface area contributed by atoms with Crippen LogP contribution in [0.3, 0.4) is 0 Å². The van der Waals surface area contributed by atoms with Gasteiger partial charge in [-0.2, -0.15) is 5.26 Å². The van der Waals surface area contributed by atoms with E-state index in [9.17, 15) is 4.79 Å². The van der Waals surface area contributed by atoms with Crippen molar-refractivity contribution in [1.82, 2.24) is 0 Å². The summed E-state index contributed by atoms with van der Waals surface area (Å²) in [5, 5.41) is 17.9. The van der Waals surface area contributed by atoms with Crippen molar-refractivity contribution >= 4 is 53.4 Å². The van der Waals surface area contributed by atoms with Gasteiger partial charge in [0.05, 0.1) is 0 Å². The second kappa shape index (κ2) is 14.6. The highest BCUT2D eigenvalue weighted by Crippen LogP contribution is 2.23. The third-order valence-electron chi connectivity index (χ3n) is 5.95. The molecule has 1 N–H and O–H groups in total. The number of hydrogen-bond donors (Lipinski definition) is 1. The number of benzene rings is 2. The third kappa shape index (κ3) is 8.93. The molecule has 4 nitrogen and oxygen atoms in total. The minimum atomic E-state index is -1.22. The van der Waals surface area contributed by atoms with Crippen molar-refractivity contribution in [2.24, 2.45) is 0 Å². The van der Waals surface area contributed by atoms with Gasteiger partial charge in [0, 0.05) is 28.5 Å². The Balaban J connectivity index is 1.60. The maximum absolute atomic E-state index is 11.0. The molecule has 3 rings (SSSR count). The summed E-state index contributed by atoms with van der Waals surface area (Å²) in [4.78, 5) is 15.8. The van der Waals surface area contributed by atoms with E-state index in [1.807, 2.05) is 18.2 Å². The molecule has 0 aliphatic carbocycles. The highest BCUT2D eigenvalue weighted by molar-refractivity contribution is 7.13. The molecule has 5 heteroatoms. The lowest BCUT2D eigenvalue weighted by Gasteiger charge is -2.24. The van der Waals surface area contributed by atoms with E-state index >= 15 is 0 Å². The second-order valence-electron chi connectivity index (χ2n) is 8.83. The molecule has 1 heterocycles. The van der Waals surface area contributed by atoms with Crippen LogP contribution in [0.1, 0.15) is 66.0 Å². The SMILES string of the molecule is CCCCN(CCCC)c1ccc(C=Cc2ccc(C=Cc3ccc(C=C(C#N)C(=O)O)cc3)s2)cc1. The lowest BCUT2D eigenvalue weighted by molar-refractivity contribution is -0.132. The Hall–Kier alpha value is -3.88. The van der Waals surface area contributed by atoms with Crippen molar-refractivity contribution < 1.29 is 9.90 Å². The summed E-state index contributed by atoms with van der Waals surface area (Å²) < 4.78 is 0. The summed E-state index contributed by atoms with van der Waals surface area (Å²) in [6.45, 7) is 6.72. The van der Waals surface area contributed by atoms with Crippen LogP contribution in [-0.2, 0) is 4.79 Å². The van der Waals surface area contributed by atoms with Crippen molar-refractivity contribution in [1.29, 1.82) is 5.26 Å². The molecule has 3 aromatic rings. The predicted octanol–water partition coefficient (Wildman–Crippen LogP) is 8.49. The lowest BCUT2D eigenvalue weighted by atomic mass is 10.1. The van der Waals surface area contributed by atoms with Gasteiger partial charge in [-0.3, -0.25) is 0 Å². The fourth-order valence-electron chi connectivity index (χ4n) is 3.78. The first kappa shape index (κ1) is 27.7. The van der Waals surface area contributed by atoms with E-state index in [1.165, 1.54) is 47.9 Å². The molecule has 0 unspecified atom stereocenters. The summed E-state index contributed by atoms with van der Waals surface area (Å²) >= 11 is 1.72. The Kier molecular flexibility index (Phi) is 10.9. The number of nitriles is 1. The van der Waals surface area contributed by atoms with Crippen LogP contribution >= 0.6 is 11.3 Å². The van der Waals surface area contributed by atoms with Crippen LogP contribution in [0.4, 0.5) is 5.69 Å². The molecule has 0 bridgehead atoms. The van der Waals surface area contributed by atoms with Crippen molar-refractivity contribution in [2.45, 2.75) is 39.5 Å². The molecule has 0 fully saturated rings. The van der Waals surface area contributed by atoms with Gasteiger partial charge < -0.3 is 10.0 Å². The molecule has 0 amide bonds. The zero-order chi connectivity index (χ0) is 26.5. The summed E-state index contributed by atoms with van der Waals surface area (Å²) in [6.07, 6.45) is 14.6. The van der Waals surface area contributed by atoms with Crippen LogP contribution in [0.2, 0.25) is 0 Å². The lowest BCUT2D eigenvalue weighted by Crippen LogP contribution is -2.25. The monoisotopic (exact) mass is 510 g/mol. The first-order chi connectivity index (χ1) is 18.0. The van der Waals surface area contributed by atoms with Gasteiger partial charge in [-0.05, 0) is 72.0 Å². The number of unbranched alkanes of at least 4 members (excludes halogenated alkanes) is 2. The van der Waals surface area contributed by atoms with Crippen LogP contribution < -0.4 is 4.90 Å². The van der Waals surface area contributed by atoms with E-state index in [0.717, 1.165) is 23.5 Å². The maximum Gasteiger partial charge on any atom is 0.346 e. The Bertz CT molecular complexity index is 1270. The maximum atomic E-state index is 11.0. The fourth-order valence-corrected chi connectivity index (χ4v) is 4.60. The van der Waals surface area contributed by atoms with Crippen molar-refractivity contribution in [3.63, 3.8) is 0 Å². The van der Waals surface area contributed by atoms with Gasteiger partial charge in [-0.25, -0.2) is 4.79 Å². The number of hydrogen-bond acceptors (Lipinski definition) is 4. The molecule has 37 heavy (non-hydrogen) atoms. The highest BCUT2D eigenvalue weighted by Gasteiger charge is 2.06. The smallest absolute Gasteiger partial charge is 0.346 e. The summed E-state index contributed by atoms with van der Waals surface area (Å²) in [7, 11) is 0. The van der Waals surface area contributed by atoms with Crippen LogP contribution in [0, 0.1) is 11.3 Å². The Morgan fingerprint density at radius 2 is 1.30 bits per heavy atom. The van der Waals surface area contributed by atoms with Crippen LogP contribution in [0.5, 0.6) is 0 Å². The normalized spacial score (nSPS) is 11.8. The van der Waals surface area contributed by atoms with Crippen LogP contribution in [0.25, 0.3) is 30.4 Å². The molecular weight excluding hydrogens is 476 g/mol. The number of carboxylic acids is 1. The summed E-state index contributed by atoms with van der Waals surface area (Å²) in [5.74, 6) is -1.22. The van der Waals surface area contributed by atoms with E-state index in [2.05, 4.69) is 73.4 Å². The quantitative estimate of drug-likeness (QED) is 0.185. The standard InChI is InChI=1S/C32H34N2O2S/c1-3-5-21-34(22-6-4-2)29-15-11-26(12-16-29)14-18-31-20-19-30(37-31)17-13-25-7-9-27(10-8-25)23-28(24-33)32(35)36/h7-20,23H,3-6,21-22H2,1-2H3,(H,35,36). The van der Waals surface area contributed by atoms with Gasteiger partial charge in [-0.1, -0.05) is 75.2 Å². The van der Waals surface area contributed by atoms with E-state index in [0.29, 0.717) is 5.56 Å². The minimum absolute atomic E-state index is 0.278.